The van der Waals surface area contributed by atoms with E-state index in [2.05, 4.69) is 24.3 Å². The molecule has 0 aromatic carbocycles. The topological polar surface area (TPSA) is 29.9 Å². The highest BCUT2D eigenvalue weighted by atomic mass is 32.1. The smallest absolute Gasteiger partial charge is 0.176 e. The molecular formula is C11H14FN3S. The van der Waals surface area contributed by atoms with E-state index in [1.54, 1.807) is 6.07 Å². The third kappa shape index (κ3) is 2.61. The molecule has 0 bridgehead atoms. The number of nitrogens with zero attached hydrogens (tertiary/aromatic N) is 2. The molecule has 3 nitrogen and oxygen atoms in total. The van der Waals surface area contributed by atoms with Crippen LogP contribution in [0.25, 0.3) is 0 Å². The Bertz CT molecular complexity index is 461. The van der Waals surface area contributed by atoms with Crippen molar-refractivity contribution in [1.82, 2.24) is 9.78 Å². The van der Waals surface area contributed by atoms with E-state index < -0.39 is 0 Å². The number of hydrogen-bond donors (Lipinski definition) is 1. The SMILES string of the molecule is CC(C)n1ccc(NCc2ccc(F)s2)n1. The third-order valence-electron chi connectivity index (χ3n) is 2.21. The van der Waals surface area contributed by atoms with E-state index in [-0.39, 0.29) is 5.13 Å². The lowest BCUT2D eigenvalue weighted by Gasteiger charge is -2.04. The normalized spacial score (nSPS) is 11.0. The van der Waals surface area contributed by atoms with E-state index >= 15 is 0 Å². The Morgan fingerprint density at radius 1 is 1.44 bits per heavy atom. The maximum absolute atomic E-state index is 12.7. The average molecular weight is 239 g/mol. The van der Waals surface area contributed by atoms with Crippen molar-refractivity contribution < 1.29 is 4.39 Å². The molecule has 2 rings (SSSR count). The standard InChI is InChI=1S/C11H14FN3S/c1-8(2)15-6-5-11(14-15)13-7-9-3-4-10(12)16-9/h3-6,8H,7H2,1-2H3,(H,13,14). The van der Waals surface area contributed by atoms with Gasteiger partial charge in [-0.1, -0.05) is 0 Å². The van der Waals surface area contributed by atoms with Crippen LogP contribution in [0.15, 0.2) is 24.4 Å². The van der Waals surface area contributed by atoms with Crippen molar-refractivity contribution in [3.63, 3.8) is 0 Å². The summed E-state index contributed by atoms with van der Waals surface area (Å²) >= 11 is 1.16. The van der Waals surface area contributed by atoms with E-state index in [9.17, 15) is 4.39 Å². The molecule has 0 atom stereocenters. The zero-order valence-electron chi connectivity index (χ0n) is 9.27. The maximum Gasteiger partial charge on any atom is 0.176 e. The molecule has 0 aliphatic heterocycles. The predicted molar refractivity (Wildman–Crippen MR) is 64.2 cm³/mol. The monoisotopic (exact) mass is 239 g/mol. The molecule has 1 N–H and O–H groups in total. The molecule has 0 aliphatic rings. The van der Waals surface area contributed by atoms with Crippen molar-refractivity contribution in [1.29, 1.82) is 0 Å². The van der Waals surface area contributed by atoms with Crippen LogP contribution in [0.4, 0.5) is 10.2 Å². The van der Waals surface area contributed by atoms with E-state index in [1.165, 1.54) is 6.07 Å². The van der Waals surface area contributed by atoms with Gasteiger partial charge in [0.2, 0.25) is 0 Å². The molecule has 0 amide bonds. The molecule has 0 saturated heterocycles. The van der Waals surface area contributed by atoms with Crippen LogP contribution < -0.4 is 5.32 Å². The van der Waals surface area contributed by atoms with Crippen LogP contribution in [0, 0.1) is 5.13 Å². The molecule has 0 saturated carbocycles. The summed E-state index contributed by atoms with van der Waals surface area (Å²) in [5.41, 5.74) is 0. The Balaban J connectivity index is 1.94. The first-order valence-electron chi connectivity index (χ1n) is 5.18. The summed E-state index contributed by atoms with van der Waals surface area (Å²) in [6, 6.07) is 5.54. The number of halogens is 1. The van der Waals surface area contributed by atoms with E-state index in [0.29, 0.717) is 12.6 Å². The van der Waals surface area contributed by atoms with Crippen LogP contribution in [-0.4, -0.2) is 9.78 Å². The number of thiophene rings is 1. The molecule has 0 radical (unpaired) electrons. The van der Waals surface area contributed by atoms with Gasteiger partial charge >= 0.3 is 0 Å². The van der Waals surface area contributed by atoms with Crippen molar-refractivity contribution in [3.8, 4) is 0 Å². The summed E-state index contributed by atoms with van der Waals surface area (Å²) < 4.78 is 14.6. The average Bonchev–Trinajstić information content (AvgIpc) is 2.83. The fourth-order valence-electron chi connectivity index (χ4n) is 1.34. The van der Waals surface area contributed by atoms with Crippen molar-refractivity contribution in [2.75, 3.05) is 5.32 Å². The molecule has 0 aliphatic carbocycles. The Morgan fingerprint density at radius 2 is 2.25 bits per heavy atom. The van der Waals surface area contributed by atoms with Gasteiger partial charge in [0.15, 0.2) is 5.13 Å². The molecular weight excluding hydrogens is 225 g/mol. The minimum absolute atomic E-state index is 0.149. The Labute approximate surface area is 97.9 Å². The highest BCUT2D eigenvalue weighted by Gasteiger charge is 2.03. The summed E-state index contributed by atoms with van der Waals surface area (Å²) in [6.45, 7) is 4.76. The predicted octanol–water partition coefficient (Wildman–Crippen LogP) is 3.28. The molecule has 16 heavy (non-hydrogen) atoms. The first-order chi connectivity index (χ1) is 7.65. The number of rotatable bonds is 4. The van der Waals surface area contributed by atoms with Gasteiger partial charge in [0, 0.05) is 23.2 Å². The highest BCUT2D eigenvalue weighted by Crippen LogP contribution is 2.16. The zero-order chi connectivity index (χ0) is 11.5. The third-order valence-corrected chi connectivity index (χ3v) is 3.08. The first kappa shape index (κ1) is 11.1. The Morgan fingerprint density at radius 3 is 2.81 bits per heavy atom. The highest BCUT2D eigenvalue weighted by molar-refractivity contribution is 7.10. The van der Waals surface area contributed by atoms with Crippen molar-refractivity contribution in [2.24, 2.45) is 0 Å². The second kappa shape index (κ2) is 4.65. The summed E-state index contributed by atoms with van der Waals surface area (Å²) in [5, 5.41) is 7.36. The lowest BCUT2D eigenvalue weighted by Crippen LogP contribution is -2.03. The molecule has 5 heteroatoms. The summed E-state index contributed by atoms with van der Waals surface area (Å²) in [4.78, 5) is 0.969. The second-order valence-electron chi connectivity index (χ2n) is 3.83. The fourth-order valence-corrected chi connectivity index (χ4v) is 2.01. The van der Waals surface area contributed by atoms with Crippen LogP contribution in [-0.2, 0) is 6.54 Å². The van der Waals surface area contributed by atoms with E-state index in [1.807, 2.05) is 16.9 Å². The van der Waals surface area contributed by atoms with Crippen molar-refractivity contribution in [2.45, 2.75) is 26.4 Å². The first-order valence-corrected chi connectivity index (χ1v) is 6.00. The van der Waals surface area contributed by atoms with Crippen LogP contribution >= 0.6 is 11.3 Å². The van der Waals surface area contributed by atoms with Gasteiger partial charge in [-0.2, -0.15) is 9.49 Å². The van der Waals surface area contributed by atoms with Gasteiger partial charge in [0.1, 0.15) is 5.82 Å². The van der Waals surface area contributed by atoms with Gasteiger partial charge in [-0.3, -0.25) is 4.68 Å². The van der Waals surface area contributed by atoms with Crippen LogP contribution in [0.3, 0.4) is 0 Å². The van der Waals surface area contributed by atoms with Gasteiger partial charge in [-0.05, 0) is 26.0 Å². The number of hydrogen-bond acceptors (Lipinski definition) is 3. The van der Waals surface area contributed by atoms with Gasteiger partial charge in [0.05, 0.1) is 6.54 Å². The van der Waals surface area contributed by atoms with Crippen LogP contribution in [0.1, 0.15) is 24.8 Å². The lowest BCUT2D eigenvalue weighted by molar-refractivity contribution is 0.534. The Hall–Kier alpha value is -1.36. The summed E-state index contributed by atoms with van der Waals surface area (Å²) in [7, 11) is 0. The van der Waals surface area contributed by atoms with Gasteiger partial charge in [-0.25, -0.2) is 0 Å². The molecule has 86 valence electrons. The summed E-state index contributed by atoms with van der Waals surface area (Å²) in [6.07, 6.45) is 1.93. The van der Waals surface area contributed by atoms with E-state index in [4.69, 9.17) is 0 Å². The largest absolute Gasteiger partial charge is 0.364 e. The quantitative estimate of drug-likeness (QED) is 0.887. The number of anilines is 1. The van der Waals surface area contributed by atoms with Crippen LogP contribution in [0.5, 0.6) is 0 Å². The van der Waals surface area contributed by atoms with Crippen molar-refractivity contribution in [3.05, 3.63) is 34.4 Å². The molecule has 2 heterocycles. The molecule has 0 spiro atoms. The van der Waals surface area contributed by atoms with Crippen LogP contribution in [0.2, 0.25) is 0 Å². The Kier molecular flexibility index (Phi) is 3.24. The fraction of sp³-hybridized carbons (Fsp3) is 0.364. The second-order valence-corrected chi connectivity index (χ2v) is 4.95. The van der Waals surface area contributed by atoms with E-state index in [0.717, 1.165) is 22.0 Å². The van der Waals surface area contributed by atoms with Gasteiger partial charge in [0.25, 0.3) is 0 Å². The minimum atomic E-state index is -0.149. The summed E-state index contributed by atoms with van der Waals surface area (Å²) in [5.74, 6) is 0.822. The lowest BCUT2D eigenvalue weighted by atomic mass is 10.4. The molecule has 2 aromatic heterocycles. The van der Waals surface area contributed by atoms with Gasteiger partial charge in [-0.15, -0.1) is 11.3 Å². The molecule has 2 aromatic rings. The number of nitrogens with one attached hydrogen (secondary N) is 1. The van der Waals surface area contributed by atoms with Gasteiger partial charge < -0.3 is 5.32 Å². The molecule has 0 fully saturated rings. The zero-order valence-corrected chi connectivity index (χ0v) is 10.1. The molecule has 0 unspecified atom stereocenters. The minimum Gasteiger partial charge on any atom is -0.364 e. The number of aromatic nitrogens is 2. The van der Waals surface area contributed by atoms with Crippen molar-refractivity contribution >= 4 is 17.2 Å². The maximum atomic E-state index is 12.7.